The number of urea groups is 1. The number of carbonyl (C=O) groups is 1. The van der Waals surface area contributed by atoms with Crippen molar-refractivity contribution in [3.63, 3.8) is 0 Å². The van der Waals surface area contributed by atoms with E-state index in [1.54, 1.807) is 53.3 Å². The molecule has 0 fully saturated rings. The second kappa shape index (κ2) is 7.29. The number of aromatic nitrogens is 3. The number of carbonyl (C=O) groups excluding carboxylic acids is 1. The molecule has 124 valence electrons. The summed E-state index contributed by atoms with van der Waals surface area (Å²) < 4.78 is 1.66. The first-order valence-corrected chi connectivity index (χ1v) is 7.73. The van der Waals surface area contributed by atoms with Crippen LogP contribution in [0.3, 0.4) is 0 Å². The van der Waals surface area contributed by atoms with Crippen LogP contribution in [0.15, 0.2) is 48.8 Å². The SMILES string of the molecule is O=C(NCc1ccnc2ccnn12)NC(CO)c1ccc(Cl)cc1. The van der Waals surface area contributed by atoms with Crippen LogP contribution >= 0.6 is 11.6 Å². The molecule has 0 saturated heterocycles. The zero-order valence-corrected chi connectivity index (χ0v) is 13.4. The molecule has 8 heteroatoms. The van der Waals surface area contributed by atoms with Gasteiger partial charge >= 0.3 is 6.03 Å². The summed E-state index contributed by atoms with van der Waals surface area (Å²) in [6.45, 7) is 0.0685. The van der Waals surface area contributed by atoms with Crippen LogP contribution < -0.4 is 10.6 Å². The van der Waals surface area contributed by atoms with Gasteiger partial charge in [-0.05, 0) is 23.8 Å². The summed E-state index contributed by atoms with van der Waals surface area (Å²) in [4.78, 5) is 16.3. The Balaban J connectivity index is 1.62. The molecule has 0 aliphatic carbocycles. The summed E-state index contributed by atoms with van der Waals surface area (Å²) >= 11 is 5.85. The molecule has 3 N–H and O–H groups in total. The van der Waals surface area contributed by atoms with Crippen LogP contribution in [0.5, 0.6) is 0 Å². The molecule has 3 aromatic rings. The number of halogens is 1. The third-order valence-electron chi connectivity index (χ3n) is 3.56. The maximum atomic E-state index is 12.1. The number of nitrogens with zero attached hydrogens (tertiary/aromatic N) is 3. The van der Waals surface area contributed by atoms with Gasteiger partial charge in [-0.3, -0.25) is 0 Å². The lowest BCUT2D eigenvalue weighted by atomic mass is 10.1. The monoisotopic (exact) mass is 345 g/mol. The lowest BCUT2D eigenvalue weighted by Gasteiger charge is -2.17. The zero-order chi connectivity index (χ0) is 16.9. The third-order valence-corrected chi connectivity index (χ3v) is 3.81. The molecule has 2 aromatic heterocycles. The first-order chi connectivity index (χ1) is 11.7. The number of aliphatic hydroxyl groups is 1. The summed E-state index contributed by atoms with van der Waals surface area (Å²) in [5, 5.41) is 19.7. The van der Waals surface area contributed by atoms with E-state index in [2.05, 4.69) is 20.7 Å². The number of hydrogen-bond acceptors (Lipinski definition) is 4. The van der Waals surface area contributed by atoms with Gasteiger partial charge in [-0.15, -0.1) is 0 Å². The molecule has 0 aliphatic rings. The van der Waals surface area contributed by atoms with Gasteiger partial charge in [-0.2, -0.15) is 5.10 Å². The fourth-order valence-corrected chi connectivity index (χ4v) is 2.46. The predicted octanol–water partition coefficient (Wildman–Crippen LogP) is 1.92. The lowest BCUT2D eigenvalue weighted by molar-refractivity contribution is 0.216. The fourth-order valence-electron chi connectivity index (χ4n) is 2.33. The number of benzene rings is 1. The molecule has 1 atom stereocenters. The van der Waals surface area contributed by atoms with Crippen LogP contribution in [-0.4, -0.2) is 32.3 Å². The minimum absolute atomic E-state index is 0.215. The van der Waals surface area contributed by atoms with E-state index in [9.17, 15) is 9.90 Å². The minimum Gasteiger partial charge on any atom is -0.394 e. The highest BCUT2D eigenvalue weighted by atomic mass is 35.5. The molecule has 0 radical (unpaired) electrons. The standard InChI is InChI=1S/C16H16ClN5O2/c17-12-3-1-11(2-4-12)14(10-23)21-16(24)19-9-13-5-7-18-15-6-8-20-22(13)15/h1-8,14,23H,9-10H2,(H2,19,21,24). The average molecular weight is 346 g/mol. The van der Waals surface area contributed by atoms with Crippen LogP contribution in [0, 0.1) is 0 Å². The lowest BCUT2D eigenvalue weighted by Crippen LogP contribution is -2.39. The topological polar surface area (TPSA) is 91.6 Å². The maximum absolute atomic E-state index is 12.1. The van der Waals surface area contributed by atoms with Crippen molar-refractivity contribution < 1.29 is 9.90 Å². The molecule has 1 aromatic carbocycles. The third kappa shape index (κ3) is 3.64. The van der Waals surface area contributed by atoms with Crippen LogP contribution in [0.25, 0.3) is 5.65 Å². The molecular formula is C16H16ClN5O2. The van der Waals surface area contributed by atoms with E-state index in [1.165, 1.54) is 0 Å². The number of rotatable bonds is 5. The minimum atomic E-state index is -0.510. The van der Waals surface area contributed by atoms with Crippen molar-refractivity contribution >= 4 is 23.3 Å². The van der Waals surface area contributed by atoms with Crippen molar-refractivity contribution in [2.75, 3.05) is 6.61 Å². The van der Waals surface area contributed by atoms with Crippen LogP contribution in [0.2, 0.25) is 5.02 Å². The Morgan fingerprint density at radius 1 is 1.21 bits per heavy atom. The predicted molar refractivity (Wildman–Crippen MR) is 89.6 cm³/mol. The highest BCUT2D eigenvalue weighted by molar-refractivity contribution is 6.30. The second-order valence-electron chi connectivity index (χ2n) is 5.15. The normalized spacial score (nSPS) is 12.1. The largest absolute Gasteiger partial charge is 0.394 e. The van der Waals surface area contributed by atoms with E-state index < -0.39 is 6.04 Å². The first-order valence-electron chi connectivity index (χ1n) is 7.35. The Hall–Kier alpha value is -2.64. The number of amides is 2. The Morgan fingerprint density at radius 2 is 2.00 bits per heavy atom. The van der Waals surface area contributed by atoms with Crippen molar-refractivity contribution in [1.82, 2.24) is 25.2 Å². The van der Waals surface area contributed by atoms with Crippen LogP contribution in [0.4, 0.5) is 4.79 Å². The Bertz CT molecular complexity index is 834. The van der Waals surface area contributed by atoms with Crippen LogP contribution in [0.1, 0.15) is 17.3 Å². The number of fused-ring (bicyclic) bond motifs is 1. The zero-order valence-electron chi connectivity index (χ0n) is 12.7. The van der Waals surface area contributed by atoms with Gasteiger partial charge in [0.15, 0.2) is 5.65 Å². The summed E-state index contributed by atoms with van der Waals surface area (Å²) in [6.07, 6.45) is 3.31. The van der Waals surface area contributed by atoms with E-state index in [4.69, 9.17) is 11.6 Å². The van der Waals surface area contributed by atoms with Gasteiger partial charge in [-0.1, -0.05) is 23.7 Å². The van der Waals surface area contributed by atoms with Gasteiger partial charge in [0, 0.05) is 17.3 Å². The molecule has 7 nitrogen and oxygen atoms in total. The van der Waals surface area contributed by atoms with Gasteiger partial charge in [0.2, 0.25) is 0 Å². The van der Waals surface area contributed by atoms with Gasteiger partial charge in [0.05, 0.1) is 31.1 Å². The Morgan fingerprint density at radius 3 is 2.75 bits per heavy atom. The molecule has 24 heavy (non-hydrogen) atoms. The molecule has 2 heterocycles. The average Bonchev–Trinajstić information content (AvgIpc) is 3.08. The summed E-state index contributed by atoms with van der Waals surface area (Å²) in [5.41, 5.74) is 2.28. The van der Waals surface area contributed by atoms with Crippen LogP contribution in [-0.2, 0) is 6.54 Å². The number of hydrogen-bond donors (Lipinski definition) is 3. The summed E-state index contributed by atoms with van der Waals surface area (Å²) in [5.74, 6) is 0. The number of nitrogens with one attached hydrogen (secondary N) is 2. The van der Waals surface area contributed by atoms with Crippen molar-refractivity contribution in [3.8, 4) is 0 Å². The van der Waals surface area contributed by atoms with Gasteiger partial charge in [0.25, 0.3) is 0 Å². The molecule has 0 spiro atoms. The Kier molecular flexibility index (Phi) is 4.93. The quantitative estimate of drug-likeness (QED) is 0.658. The van der Waals surface area contributed by atoms with Gasteiger partial charge in [0.1, 0.15) is 0 Å². The molecule has 0 aliphatic heterocycles. The van der Waals surface area contributed by atoms with E-state index in [0.717, 1.165) is 11.3 Å². The summed E-state index contributed by atoms with van der Waals surface area (Å²) in [6, 6.07) is 9.62. The second-order valence-corrected chi connectivity index (χ2v) is 5.59. The van der Waals surface area contributed by atoms with Crippen molar-refractivity contribution in [2.45, 2.75) is 12.6 Å². The highest BCUT2D eigenvalue weighted by Crippen LogP contribution is 2.16. The van der Waals surface area contributed by atoms with E-state index in [0.29, 0.717) is 10.7 Å². The van der Waals surface area contributed by atoms with Crippen molar-refractivity contribution in [3.05, 3.63) is 65.1 Å². The Labute approximate surface area is 143 Å². The molecule has 0 bridgehead atoms. The molecule has 2 amide bonds. The highest BCUT2D eigenvalue weighted by Gasteiger charge is 2.13. The number of aliphatic hydroxyl groups excluding tert-OH is 1. The smallest absolute Gasteiger partial charge is 0.315 e. The molecular weight excluding hydrogens is 330 g/mol. The van der Waals surface area contributed by atoms with E-state index in [-0.39, 0.29) is 19.2 Å². The summed E-state index contributed by atoms with van der Waals surface area (Å²) in [7, 11) is 0. The van der Waals surface area contributed by atoms with Crippen molar-refractivity contribution in [1.29, 1.82) is 0 Å². The molecule has 0 saturated carbocycles. The van der Waals surface area contributed by atoms with E-state index in [1.807, 2.05) is 0 Å². The first kappa shape index (κ1) is 16.2. The van der Waals surface area contributed by atoms with Gasteiger partial charge in [-0.25, -0.2) is 14.3 Å². The molecule has 3 rings (SSSR count). The van der Waals surface area contributed by atoms with E-state index >= 15 is 0 Å². The van der Waals surface area contributed by atoms with Crippen molar-refractivity contribution in [2.24, 2.45) is 0 Å². The van der Waals surface area contributed by atoms with Gasteiger partial charge < -0.3 is 15.7 Å². The maximum Gasteiger partial charge on any atom is 0.315 e. The molecule has 1 unspecified atom stereocenters. The fraction of sp³-hybridized carbons (Fsp3) is 0.188.